The van der Waals surface area contributed by atoms with Gasteiger partial charge in [0.25, 0.3) is 0 Å². The second-order valence-corrected chi connectivity index (χ2v) is 7.46. The topological polar surface area (TPSA) is 65.4 Å². The van der Waals surface area contributed by atoms with Gasteiger partial charge in [0.15, 0.2) is 0 Å². The molecule has 0 aliphatic carbocycles. The summed E-state index contributed by atoms with van der Waals surface area (Å²) >= 11 is 1.47. The van der Waals surface area contributed by atoms with E-state index in [1.807, 2.05) is 12.1 Å². The Hall–Kier alpha value is -2.33. The highest BCUT2D eigenvalue weighted by molar-refractivity contribution is 8.00. The molecule has 2 aromatic rings. The fraction of sp³-hybridized carbons (Fsp3) is 0.333. The van der Waals surface area contributed by atoms with Gasteiger partial charge < -0.3 is 10.1 Å². The number of ether oxygens (including phenoxy) is 1. The molecule has 0 unspecified atom stereocenters. The van der Waals surface area contributed by atoms with Crippen molar-refractivity contribution in [1.29, 1.82) is 5.26 Å². The zero-order valence-corrected chi connectivity index (χ0v) is 16.0. The fourth-order valence-corrected chi connectivity index (χ4v) is 3.53. The molecule has 0 saturated carbocycles. The van der Waals surface area contributed by atoms with Crippen molar-refractivity contribution in [2.45, 2.75) is 18.0 Å². The summed E-state index contributed by atoms with van der Waals surface area (Å²) in [6.07, 6.45) is 0. The minimum Gasteiger partial charge on any atom is -0.379 e. The maximum atomic E-state index is 12.0. The van der Waals surface area contributed by atoms with Gasteiger partial charge in [-0.25, -0.2) is 0 Å². The molecule has 0 radical (unpaired) electrons. The second kappa shape index (κ2) is 10.1. The van der Waals surface area contributed by atoms with Crippen molar-refractivity contribution in [2.24, 2.45) is 0 Å². The molecule has 0 bridgehead atoms. The quantitative estimate of drug-likeness (QED) is 0.747. The highest BCUT2D eigenvalue weighted by atomic mass is 32.2. The summed E-state index contributed by atoms with van der Waals surface area (Å²) in [4.78, 5) is 15.4. The van der Waals surface area contributed by atoms with Crippen molar-refractivity contribution < 1.29 is 9.53 Å². The monoisotopic (exact) mass is 381 g/mol. The van der Waals surface area contributed by atoms with Gasteiger partial charge in [-0.3, -0.25) is 9.69 Å². The number of morpholine rings is 1. The van der Waals surface area contributed by atoms with E-state index >= 15 is 0 Å². The van der Waals surface area contributed by atoms with E-state index in [2.05, 4.69) is 40.6 Å². The second-order valence-electron chi connectivity index (χ2n) is 6.41. The minimum atomic E-state index is 0.00162. The molecule has 140 valence electrons. The molecule has 1 aliphatic heterocycles. The molecule has 0 aromatic heterocycles. The van der Waals surface area contributed by atoms with Crippen LogP contribution in [0.15, 0.2) is 53.4 Å². The Balaban J connectivity index is 1.39. The maximum Gasteiger partial charge on any atom is 0.230 e. The first kappa shape index (κ1) is 19.4. The van der Waals surface area contributed by atoms with Crippen molar-refractivity contribution in [1.82, 2.24) is 10.2 Å². The van der Waals surface area contributed by atoms with E-state index in [0.717, 1.165) is 43.3 Å². The zero-order valence-electron chi connectivity index (χ0n) is 15.2. The molecule has 5 nitrogen and oxygen atoms in total. The Bertz CT molecular complexity index is 779. The number of carbonyl (C=O) groups is 1. The average molecular weight is 382 g/mol. The Kier molecular flexibility index (Phi) is 7.28. The van der Waals surface area contributed by atoms with Gasteiger partial charge in [0.1, 0.15) is 0 Å². The maximum absolute atomic E-state index is 12.0. The van der Waals surface area contributed by atoms with Crippen LogP contribution in [0, 0.1) is 11.3 Å². The summed E-state index contributed by atoms with van der Waals surface area (Å²) in [7, 11) is 0. The van der Waals surface area contributed by atoms with Gasteiger partial charge in [-0.2, -0.15) is 5.26 Å². The summed E-state index contributed by atoms with van der Waals surface area (Å²) in [6, 6.07) is 17.7. The molecule has 1 N–H and O–H groups in total. The van der Waals surface area contributed by atoms with Crippen LogP contribution in [-0.2, 0) is 22.6 Å². The standard InChI is InChI=1S/C21H23N3O2S/c22-13-17-5-7-20(8-6-17)27-16-21(25)23-14-18-1-3-19(4-2-18)15-24-9-11-26-12-10-24/h1-8H,9-12,14-16H2,(H,23,25). The molecule has 2 aromatic carbocycles. The predicted octanol–water partition coefficient (Wildman–Crippen LogP) is 2.80. The van der Waals surface area contributed by atoms with Gasteiger partial charge in [0, 0.05) is 31.1 Å². The SMILES string of the molecule is N#Cc1ccc(SCC(=O)NCc2ccc(CN3CCOCC3)cc2)cc1. The first-order valence-electron chi connectivity index (χ1n) is 9.00. The number of amides is 1. The molecule has 6 heteroatoms. The minimum absolute atomic E-state index is 0.00162. The third-order valence-corrected chi connectivity index (χ3v) is 5.39. The fourth-order valence-electron chi connectivity index (χ4n) is 2.81. The first-order valence-corrected chi connectivity index (χ1v) is 9.99. The highest BCUT2D eigenvalue weighted by Gasteiger charge is 2.10. The van der Waals surface area contributed by atoms with Crippen molar-refractivity contribution in [2.75, 3.05) is 32.1 Å². The molecular weight excluding hydrogens is 358 g/mol. The van der Waals surface area contributed by atoms with Crippen LogP contribution in [0.2, 0.25) is 0 Å². The first-order chi connectivity index (χ1) is 13.2. The van der Waals surface area contributed by atoms with Crippen LogP contribution in [-0.4, -0.2) is 42.9 Å². The van der Waals surface area contributed by atoms with Crippen molar-refractivity contribution in [3.8, 4) is 6.07 Å². The lowest BCUT2D eigenvalue weighted by Gasteiger charge is -2.26. The number of benzene rings is 2. The number of nitrogens with zero attached hydrogens (tertiary/aromatic N) is 2. The average Bonchev–Trinajstić information content (AvgIpc) is 2.73. The Labute approximate surface area is 164 Å². The summed E-state index contributed by atoms with van der Waals surface area (Å²) in [5.41, 5.74) is 3.00. The molecule has 1 fully saturated rings. The smallest absolute Gasteiger partial charge is 0.230 e. The van der Waals surface area contributed by atoms with E-state index in [1.54, 1.807) is 12.1 Å². The number of carbonyl (C=O) groups excluding carboxylic acids is 1. The lowest BCUT2D eigenvalue weighted by atomic mass is 10.1. The van der Waals surface area contributed by atoms with Crippen LogP contribution < -0.4 is 5.32 Å². The van der Waals surface area contributed by atoms with Gasteiger partial charge in [-0.1, -0.05) is 24.3 Å². The number of nitrogens with one attached hydrogen (secondary N) is 1. The summed E-state index contributed by atoms with van der Waals surface area (Å²) in [6.45, 7) is 5.06. The number of thioether (sulfide) groups is 1. The lowest BCUT2D eigenvalue weighted by Crippen LogP contribution is -2.35. The van der Waals surface area contributed by atoms with Gasteiger partial charge >= 0.3 is 0 Å². The summed E-state index contributed by atoms with van der Waals surface area (Å²) in [5.74, 6) is 0.364. The van der Waals surface area contributed by atoms with E-state index in [0.29, 0.717) is 17.9 Å². The number of rotatable bonds is 7. The molecule has 1 heterocycles. The van der Waals surface area contributed by atoms with Gasteiger partial charge in [-0.05, 0) is 35.4 Å². The molecule has 1 amide bonds. The van der Waals surface area contributed by atoms with Crippen molar-refractivity contribution >= 4 is 17.7 Å². The Morgan fingerprint density at radius 2 is 1.74 bits per heavy atom. The Morgan fingerprint density at radius 1 is 1.07 bits per heavy atom. The van der Waals surface area contributed by atoms with Crippen molar-refractivity contribution in [3.05, 3.63) is 65.2 Å². The van der Waals surface area contributed by atoms with Gasteiger partial charge in [0.05, 0.1) is 30.6 Å². The Morgan fingerprint density at radius 3 is 2.41 bits per heavy atom. The number of hydrogen-bond donors (Lipinski definition) is 1. The van der Waals surface area contributed by atoms with Crippen molar-refractivity contribution in [3.63, 3.8) is 0 Å². The summed E-state index contributed by atoms with van der Waals surface area (Å²) < 4.78 is 5.37. The van der Waals surface area contributed by atoms with Crippen LogP contribution in [0.4, 0.5) is 0 Å². The molecule has 1 saturated heterocycles. The van der Waals surface area contributed by atoms with E-state index in [-0.39, 0.29) is 5.91 Å². The normalized spacial score (nSPS) is 14.5. The van der Waals surface area contributed by atoms with Crippen LogP contribution >= 0.6 is 11.8 Å². The zero-order chi connectivity index (χ0) is 18.9. The lowest BCUT2D eigenvalue weighted by molar-refractivity contribution is -0.118. The van der Waals surface area contributed by atoms with E-state index < -0.39 is 0 Å². The highest BCUT2D eigenvalue weighted by Crippen LogP contribution is 2.18. The van der Waals surface area contributed by atoms with E-state index in [1.165, 1.54) is 17.3 Å². The van der Waals surface area contributed by atoms with Crippen LogP contribution in [0.3, 0.4) is 0 Å². The number of nitriles is 1. The summed E-state index contributed by atoms with van der Waals surface area (Å²) in [5, 5.41) is 11.7. The van der Waals surface area contributed by atoms with Crippen LogP contribution in [0.25, 0.3) is 0 Å². The number of hydrogen-bond acceptors (Lipinski definition) is 5. The van der Waals surface area contributed by atoms with E-state index in [9.17, 15) is 4.79 Å². The van der Waals surface area contributed by atoms with Gasteiger partial charge in [0.2, 0.25) is 5.91 Å². The third-order valence-electron chi connectivity index (χ3n) is 4.38. The molecule has 0 atom stereocenters. The predicted molar refractivity (Wildman–Crippen MR) is 106 cm³/mol. The molecule has 0 spiro atoms. The molecule has 27 heavy (non-hydrogen) atoms. The van der Waals surface area contributed by atoms with Crippen LogP contribution in [0.5, 0.6) is 0 Å². The van der Waals surface area contributed by atoms with Gasteiger partial charge in [-0.15, -0.1) is 11.8 Å². The molecule has 3 rings (SSSR count). The third kappa shape index (κ3) is 6.40. The van der Waals surface area contributed by atoms with Crippen LogP contribution in [0.1, 0.15) is 16.7 Å². The molecular formula is C21H23N3O2S. The van der Waals surface area contributed by atoms with E-state index in [4.69, 9.17) is 10.00 Å². The molecule has 1 aliphatic rings. The largest absolute Gasteiger partial charge is 0.379 e.